The first-order valence-electron chi connectivity index (χ1n) is 11.0. The topological polar surface area (TPSA) is 34.1 Å². The molecular weight excluding hydrogens is 509 g/mol. The molecule has 34 heavy (non-hydrogen) atoms. The molecule has 2 aromatic carbocycles. The summed E-state index contributed by atoms with van der Waals surface area (Å²) in [5.74, 6) is 0.275. The molecule has 1 aliphatic rings. The molecule has 0 saturated carbocycles. The second-order valence-corrected chi connectivity index (χ2v) is 8.86. The normalized spacial score (nSPS) is 18.0. The molecule has 0 amide bonds. The van der Waals surface area contributed by atoms with Crippen LogP contribution in [0.2, 0.25) is 0 Å². The van der Waals surface area contributed by atoms with E-state index in [1.807, 2.05) is 31.3 Å². The van der Waals surface area contributed by atoms with Crippen molar-refractivity contribution in [2.45, 2.75) is 32.0 Å². The van der Waals surface area contributed by atoms with Crippen LogP contribution in [0.5, 0.6) is 5.75 Å². The average Bonchev–Trinajstić information content (AvgIpc) is 3.23. The fraction of sp³-hybridized carbons (Fsp3) is 0.346. The Labute approximate surface area is 206 Å². The number of methoxy groups -OCH3 is 1. The maximum Gasteiger partial charge on any atom is 0.419 e. The minimum absolute atomic E-state index is 0.00536. The van der Waals surface area contributed by atoms with E-state index in [0.717, 1.165) is 35.5 Å². The lowest BCUT2D eigenvalue weighted by Crippen LogP contribution is -2.34. The number of hydrogen-bond acceptors (Lipinski definition) is 4. The van der Waals surface area contributed by atoms with E-state index in [2.05, 4.69) is 25.8 Å². The molecule has 0 spiro atoms. The van der Waals surface area contributed by atoms with E-state index >= 15 is 0 Å². The zero-order chi connectivity index (χ0) is 24.7. The van der Waals surface area contributed by atoms with Crippen LogP contribution in [0, 0.1) is 0 Å². The molecule has 0 radical (unpaired) electrons. The molecule has 2 aromatic rings. The predicted octanol–water partition coefficient (Wildman–Crippen LogP) is 7.06. The summed E-state index contributed by atoms with van der Waals surface area (Å²) in [6.07, 6.45) is 2.51. The van der Waals surface area contributed by atoms with Gasteiger partial charge in [-0.1, -0.05) is 40.2 Å². The molecule has 4 nitrogen and oxygen atoms in total. The van der Waals surface area contributed by atoms with Crippen LogP contribution < -0.4 is 4.74 Å². The van der Waals surface area contributed by atoms with E-state index in [4.69, 9.17) is 9.47 Å². The second kappa shape index (κ2) is 11.7. The first-order chi connectivity index (χ1) is 16.2. The van der Waals surface area contributed by atoms with Gasteiger partial charge in [-0.15, -0.1) is 0 Å². The summed E-state index contributed by atoms with van der Waals surface area (Å²) in [7, 11) is 3.53. The van der Waals surface area contributed by atoms with Crippen molar-refractivity contribution in [3.05, 3.63) is 75.8 Å². The van der Waals surface area contributed by atoms with Gasteiger partial charge in [-0.2, -0.15) is 13.2 Å². The van der Waals surface area contributed by atoms with Crippen molar-refractivity contribution in [3.63, 3.8) is 0 Å². The van der Waals surface area contributed by atoms with Gasteiger partial charge in [0.15, 0.2) is 0 Å². The van der Waals surface area contributed by atoms with Crippen LogP contribution in [0.1, 0.15) is 36.5 Å². The number of ether oxygens (including phenoxy) is 2. The molecule has 0 N–H and O–H groups in total. The number of benzene rings is 2. The predicted molar refractivity (Wildman–Crippen MR) is 134 cm³/mol. The maximum atomic E-state index is 13.9. The summed E-state index contributed by atoms with van der Waals surface area (Å²) in [4.78, 5) is 6.71. The highest BCUT2D eigenvalue weighted by Crippen LogP contribution is 2.38. The Hall–Kier alpha value is -2.58. The highest BCUT2D eigenvalue weighted by Gasteiger charge is 2.35. The average molecular weight is 537 g/mol. The van der Waals surface area contributed by atoms with Crippen molar-refractivity contribution in [2.24, 2.45) is 4.99 Å². The zero-order valence-electron chi connectivity index (χ0n) is 19.4. The van der Waals surface area contributed by atoms with Crippen LogP contribution >= 0.6 is 15.9 Å². The lowest BCUT2D eigenvalue weighted by Gasteiger charge is -2.21. The molecule has 1 fully saturated rings. The summed E-state index contributed by atoms with van der Waals surface area (Å²) >= 11 is 3.39. The third-order valence-corrected chi connectivity index (χ3v) is 6.09. The van der Waals surface area contributed by atoms with Gasteiger partial charge in [0, 0.05) is 10.0 Å². The molecular formula is C26H28BrF3N2O2. The molecule has 1 atom stereocenters. The van der Waals surface area contributed by atoms with Crippen LogP contribution in [0.4, 0.5) is 13.2 Å². The number of nitrogens with zero attached hydrogens (tertiary/aromatic N) is 2. The quantitative estimate of drug-likeness (QED) is 0.280. The molecule has 0 bridgehead atoms. The third kappa shape index (κ3) is 6.73. The van der Waals surface area contributed by atoms with E-state index < -0.39 is 11.7 Å². The highest BCUT2D eigenvalue weighted by molar-refractivity contribution is 9.10. The fourth-order valence-electron chi connectivity index (χ4n) is 3.86. The Bertz CT molecular complexity index is 1080. The molecule has 1 saturated heterocycles. The fourth-order valence-corrected chi connectivity index (χ4v) is 4.28. The molecule has 0 aliphatic carbocycles. The van der Waals surface area contributed by atoms with Crippen molar-refractivity contribution < 1.29 is 22.6 Å². The Morgan fingerprint density at radius 1 is 1.24 bits per heavy atom. The number of rotatable bonds is 7. The SMILES string of the molecule is C/C=C(\N=C(/OC)C1CCCN1C)c1ccc(OC/C=C/c2cccc(Br)c2)c(C(F)(F)F)c1. The molecule has 1 unspecified atom stereocenters. The van der Waals surface area contributed by atoms with E-state index in [-0.39, 0.29) is 18.4 Å². The molecule has 182 valence electrons. The molecule has 1 heterocycles. The third-order valence-electron chi connectivity index (χ3n) is 5.59. The van der Waals surface area contributed by atoms with Crippen LogP contribution in [0.25, 0.3) is 11.8 Å². The number of allylic oxidation sites excluding steroid dienone is 1. The van der Waals surface area contributed by atoms with Gasteiger partial charge in [-0.05, 0) is 75.3 Å². The molecule has 3 rings (SSSR count). The van der Waals surface area contributed by atoms with Crippen molar-refractivity contribution in [3.8, 4) is 5.75 Å². The summed E-state index contributed by atoms with van der Waals surface area (Å²) in [6, 6.07) is 11.6. The standard InChI is InChI=1S/C26H28BrF3N2O2/c1-4-22(31-25(33-3)23-11-6-14-32(23)2)19-12-13-24(21(17-19)26(28,29)30)34-15-7-9-18-8-5-10-20(27)16-18/h4-5,7-10,12-13,16-17,23H,6,11,14-15H2,1-3H3/b9-7+,22-4-,31-25-. The number of hydrogen-bond donors (Lipinski definition) is 0. The number of likely N-dealkylation sites (N-methyl/N-ethyl adjacent to an activating group) is 1. The van der Waals surface area contributed by atoms with Crippen molar-refractivity contribution in [2.75, 3.05) is 27.3 Å². The van der Waals surface area contributed by atoms with Gasteiger partial charge >= 0.3 is 6.18 Å². The van der Waals surface area contributed by atoms with Gasteiger partial charge in [-0.3, -0.25) is 4.90 Å². The first kappa shape index (κ1) is 26.0. The summed E-state index contributed by atoms with van der Waals surface area (Å²) < 4.78 is 53.4. The number of alkyl halides is 3. The van der Waals surface area contributed by atoms with Crippen molar-refractivity contribution in [1.29, 1.82) is 0 Å². The number of aliphatic imine (C=N–C) groups is 1. The van der Waals surface area contributed by atoms with E-state index in [0.29, 0.717) is 17.2 Å². The van der Waals surface area contributed by atoms with Crippen molar-refractivity contribution >= 4 is 33.6 Å². The highest BCUT2D eigenvalue weighted by atomic mass is 79.9. The Kier molecular flexibility index (Phi) is 8.97. The van der Waals surface area contributed by atoms with E-state index in [1.165, 1.54) is 13.2 Å². The Morgan fingerprint density at radius 2 is 2.03 bits per heavy atom. The van der Waals surface area contributed by atoms with Crippen LogP contribution in [0.3, 0.4) is 0 Å². The smallest absolute Gasteiger partial charge is 0.419 e. The minimum atomic E-state index is -4.57. The van der Waals surface area contributed by atoms with E-state index in [9.17, 15) is 13.2 Å². The maximum absolute atomic E-state index is 13.9. The molecule has 8 heteroatoms. The van der Waals surface area contributed by atoms with Crippen LogP contribution in [0.15, 0.2) is 64.1 Å². The van der Waals surface area contributed by atoms with E-state index in [1.54, 1.807) is 31.2 Å². The van der Waals surface area contributed by atoms with Gasteiger partial charge in [0.25, 0.3) is 0 Å². The lowest BCUT2D eigenvalue weighted by atomic mass is 10.1. The van der Waals surface area contributed by atoms with Gasteiger partial charge in [0.05, 0.1) is 24.4 Å². The van der Waals surface area contributed by atoms with Gasteiger partial charge in [-0.25, -0.2) is 4.99 Å². The zero-order valence-corrected chi connectivity index (χ0v) is 21.0. The number of halogens is 4. The lowest BCUT2D eigenvalue weighted by molar-refractivity contribution is -0.138. The Morgan fingerprint density at radius 3 is 2.65 bits per heavy atom. The number of likely N-dealkylation sites (tertiary alicyclic amines) is 1. The van der Waals surface area contributed by atoms with Crippen LogP contribution in [-0.4, -0.2) is 44.1 Å². The molecule has 1 aliphatic heterocycles. The second-order valence-electron chi connectivity index (χ2n) is 7.94. The Balaban J connectivity index is 1.82. The first-order valence-corrected chi connectivity index (χ1v) is 11.8. The largest absolute Gasteiger partial charge is 0.489 e. The minimum Gasteiger partial charge on any atom is -0.489 e. The summed E-state index contributed by atoms with van der Waals surface area (Å²) in [5, 5.41) is 0. The summed E-state index contributed by atoms with van der Waals surface area (Å²) in [6.45, 7) is 2.68. The van der Waals surface area contributed by atoms with Crippen molar-refractivity contribution in [1.82, 2.24) is 4.90 Å². The summed E-state index contributed by atoms with van der Waals surface area (Å²) in [5.41, 5.74) is 0.847. The van der Waals surface area contributed by atoms with Crippen LogP contribution in [-0.2, 0) is 10.9 Å². The monoisotopic (exact) mass is 536 g/mol. The van der Waals surface area contributed by atoms with Gasteiger partial charge < -0.3 is 9.47 Å². The molecule has 0 aromatic heterocycles. The van der Waals surface area contributed by atoms with Gasteiger partial charge in [0.1, 0.15) is 12.4 Å². The van der Waals surface area contributed by atoms with Gasteiger partial charge in [0.2, 0.25) is 5.90 Å².